The molecule has 0 fully saturated rings. The van der Waals surface area contributed by atoms with Crippen LogP contribution >= 0.6 is 12.4 Å². The average Bonchev–Trinajstić information content (AvgIpc) is 2.61. The zero-order chi connectivity index (χ0) is 17.5. The van der Waals surface area contributed by atoms with Gasteiger partial charge in [-0.1, -0.05) is 12.1 Å². The standard InChI is InChI=1S/C18H22N2O4.ClH/c1-19-11-12-6-5-7-13(8-12)20-18(21)14-9-16(23-3)17(24-4)10-15(14)22-2;/h5-10,19H,11H2,1-4H3,(H,20,21);1H. The van der Waals surface area contributed by atoms with Crippen molar-refractivity contribution in [3.8, 4) is 17.2 Å². The second-order valence-corrected chi connectivity index (χ2v) is 5.09. The van der Waals surface area contributed by atoms with Crippen LogP contribution in [-0.2, 0) is 6.54 Å². The quantitative estimate of drug-likeness (QED) is 0.788. The molecule has 2 N–H and O–H groups in total. The Labute approximate surface area is 153 Å². The summed E-state index contributed by atoms with van der Waals surface area (Å²) in [6.45, 7) is 0.726. The van der Waals surface area contributed by atoms with E-state index in [0.717, 1.165) is 12.1 Å². The van der Waals surface area contributed by atoms with Crippen LogP contribution in [0, 0.1) is 0 Å². The van der Waals surface area contributed by atoms with Crippen LogP contribution in [0.3, 0.4) is 0 Å². The molecule has 25 heavy (non-hydrogen) atoms. The van der Waals surface area contributed by atoms with Crippen LogP contribution in [0.5, 0.6) is 17.2 Å². The van der Waals surface area contributed by atoms with Crippen LogP contribution in [0.4, 0.5) is 5.69 Å². The van der Waals surface area contributed by atoms with Crippen LogP contribution in [0.1, 0.15) is 15.9 Å². The van der Waals surface area contributed by atoms with E-state index < -0.39 is 0 Å². The van der Waals surface area contributed by atoms with Gasteiger partial charge in [0.15, 0.2) is 11.5 Å². The first-order valence-corrected chi connectivity index (χ1v) is 7.47. The molecule has 2 aromatic carbocycles. The van der Waals surface area contributed by atoms with Gasteiger partial charge in [-0.15, -0.1) is 12.4 Å². The van der Waals surface area contributed by atoms with Crippen molar-refractivity contribution in [2.24, 2.45) is 0 Å². The average molecular weight is 367 g/mol. The molecule has 0 aliphatic heterocycles. The molecule has 6 nitrogen and oxygen atoms in total. The molecule has 7 heteroatoms. The summed E-state index contributed by atoms with van der Waals surface area (Å²) in [5, 5.41) is 5.96. The fraction of sp³-hybridized carbons (Fsp3) is 0.278. The highest BCUT2D eigenvalue weighted by Gasteiger charge is 2.18. The predicted octanol–water partition coefficient (Wildman–Crippen LogP) is 3.11. The Morgan fingerprint density at radius 1 is 0.960 bits per heavy atom. The third-order valence-electron chi connectivity index (χ3n) is 3.52. The number of amides is 1. The van der Waals surface area contributed by atoms with Gasteiger partial charge < -0.3 is 24.8 Å². The molecule has 0 spiro atoms. The molecule has 136 valence electrons. The summed E-state index contributed by atoms with van der Waals surface area (Å²) in [6, 6.07) is 10.9. The summed E-state index contributed by atoms with van der Waals surface area (Å²) >= 11 is 0. The Hall–Kier alpha value is -2.44. The summed E-state index contributed by atoms with van der Waals surface area (Å²) in [5.74, 6) is 1.10. The number of halogens is 1. The van der Waals surface area contributed by atoms with Gasteiger partial charge in [-0.05, 0) is 24.7 Å². The largest absolute Gasteiger partial charge is 0.496 e. The van der Waals surface area contributed by atoms with E-state index in [1.165, 1.54) is 21.3 Å². The van der Waals surface area contributed by atoms with Crippen LogP contribution in [0.15, 0.2) is 36.4 Å². The molecule has 2 rings (SSSR count). The number of anilines is 1. The Morgan fingerprint density at radius 3 is 2.20 bits per heavy atom. The van der Waals surface area contributed by atoms with Gasteiger partial charge >= 0.3 is 0 Å². The number of carbonyl (C=O) groups excluding carboxylic acids is 1. The molecule has 0 unspecified atom stereocenters. The fourth-order valence-electron chi connectivity index (χ4n) is 2.37. The van der Waals surface area contributed by atoms with E-state index in [4.69, 9.17) is 14.2 Å². The number of nitrogens with one attached hydrogen (secondary N) is 2. The number of carbonyl (C=O) groups is 1. The maximum atomic E-state index is 12.6. The molecule has 0 bridgehead atoms. The predicted molar refractivity (Wildman–Crippen MR) is 101 cm³/mol. The Morgan fingerprint density at radius 2 is 1.60 bits per heavy atom. The molecule has 2 aromatic rings. The number of hydrogen-bond acceptors (Lipinski definition) is 5. The fourth-order valence-corrected chi connectivity index (χ4v) is 2.37. The van der Waals surface area contributed by atoms with Gasteiger partial charge in [0, 0.05) is 24.4 Å². The van der Waals surface area contributed by atoms with Gasteiger partial charge in [-0.25, -0.2) is 0 Å². The highest BCUT2D eigenvalue weighted by Crippen LogP contribution is 2.34. The molecule has 0 aromatic heterocycles. The SMILES string of the molecule is CNCc1cccc(NC(=O)c2cc(OC)c(OC)cc2OC)c1.Cl. The Kier molecular flexibility index (Phi) is 8.04. The first kappa shape index (κ1) is 20.6. The Bertz CT molecular complexity index is 722. The van der Waals surface area contributed by atoms with Crippen molar-refractivity contribution in [3.05, 3.63) is 47.5 Å². The van der Waals surface area contributed by atoms with Crippen molar-refractivity contribution >= 4 is 24.0 Å². The number of benzene rings is 2. The lowest BCUT2D eigenvalue weighted by molar-refractivity contribution is 0.102. The molecule has 0 atom stereocenters. The van der Waals surface area contributed by atoms with Crippen molar-refractivity contribution in [2.45, 2.75) is 6.54 Å². The van der Waals surface area contributed by atoms with Gasteiger partial charge in [0.25, 0.3) is 5.91 Å². The second-order valence-electron chi connectivity index (χ2n) is 5.09. The first-order valence-electron chi connectivity index (χ1n) is 7.47. The lowest BCUT2D eigenvalue weighted by Gasteiger charge is -2.14. The highest BCUT2D eigenvalue weighted by atomic mass is 35.5. The van der Waals surface area contributed by atoms with E-state index in [1.54, 1.807) is 12.1 Å². The van der Waals surface area contributed by atoms with Crippen molar-refractivity contribution in [1.82, 2.24) is 5.32 Å². The van der Waals surface area contributed by atoms with E-state index >= 15 is 0 Å². The van der Waals surface area contributed by atoms with Gasteiger partial charge in [0.2, 0.25) is 0 Å². The van der Waals surface area contributed by atoms with Crippen molar-refractivity contribution in [1.29, 1.82) is 0 Å². The van der Waals surface area contributed by atoms with E-state index in [0.29, 0.717) is 28.5 Å². The van der Waals surface area contributed by atoms with E-state index in [-0.39, 0.29) is 18.3 Å². The van der Waals surface area contributed by atoms with Gasteiger partial charge in [0.05, 0.1) is 26.9 Å². The minimum Gasteiger partial charge on any atom is -0.496 e. The van der Waals surface area contributed by atoms with Crippen molar-refractivity contribution in [3.63, 3.8) is 0 Å². The van der Waals surface area contributed by atoms with Gasteiger partial charge in [-0.2, -0.15) is 0 Å². The topological polar surface area (TPSA) is 68.8 Å². The monoisotopic (exact) mass is 366 g/mol. The summed E-state index contributed by atoms with van der Waals surface area (Å²) in [6.07, 6.45) is 0. The lowest BCUT2D eigenvalue weighted by Crippen LogP contribution is -2.14. The zero-order valence-corrected chi connectivity index (χ0v) is 15.5. The van der Waals surface area contributed by atoms with Crippen LogP contribution in [-0.4, -0.2) is 34.3 Å². The summed E-state index contributed by atoms with van der Waals surface area (Å²) in [4.78, 5) is 12.6. The smallest absolute Gasteiger partial charge is 0.259 e. The maximum Gasteiger partial charge on any atom is 0.259 e. The van der Waals surface area contributed by atoms with Crippen LogP contribution < -0.4 is 24.8 Å². The third-order valence-corrected chi connectivity index (χ3v) is 3.52. The summed E-state index contributed by atoms with van der Waals surface area (Å²) in [7, 11) is 6.43. The van der Waals surface area contributed by atoms with E-state index in [9.17, 15) is 4.79 Å². The minimum atomic E-state index is -0.283. The molecule has 1 amide bonds. The highest BCUT2D eigenvalue weighted by molar-refractivity contribution is 6.06. The zero-order valence-electron chi connectivity index (χ0n) is 14.7. The number of rotatable bonds is 7. The Balaban J connectivity index is 0.00000312. The number of methoxy groups -OCH3 is 3. The first-order chi connectivity index (χ1) is 11.6. The van der Waals surface area contributed by atoms with Crippen molar-refractivity contribution < 1.29 is 19.0 Å². The van der Waals surface area contributed by atoms with Crippen molar-refractivity contribution in [2.75, 3.05) is 33.7 Å². The van der Waals surface area contributed by atoms with Crippen LogP contribution in [0.25, 0.3) is 0 Å². The molecule has 0 radical (unpaired) electrons. The number of ether oxygens (including phenoxy) is 3. The third kappa shape index (κ3) is 5.01. The van der Waals surface area contributed by atoms with Gasteiger partial charge in [-0.3, -0.25) is 4.79 Å². The molecule has 0 aliphatic rings. The van der Waals surface area contributed by atoms with Crippen LogP contribution in [0.2, 0.25) is 0 Å². The second kappa shape index (κ2) is 9.76. The molecule has 0 saturated carbocycles. The summed E-state index contributed by atoms with van der Waals surface area (Å²) in [5.41, 5.74) is 2.16. The normalized spacial score (nSPS) is 9.76. The lowest BCUT2D eigenvalue weighted by atomic mass is 10.1. The minimum absolute atomic E-state index is 0. The molecular formula is C18H23ClN2O4. The van der Waals surface area contributed by atoms with Gasteiger partial charge in [0.1, 0.15) is 5.75 Å². The summed E-state index contributed by atoms with van der Waals surface area (Å²) < 4.78 is 15.8. The molecular weight excluding hydrogens is 344 g/mol. The maximum absolute atomic E-state index is 12.6. The van der Waals surface area contributed by atoms with E-state index in [1.807, 2.05) is 31.3 Å². The van der Waals surface area contributed by atoms with E-state index in [2.05, 4.69) is 10.6 Å². The molecule has 0 saturated heterocycles. The molecule has 0 aliphatic carbocycles. The number of hydrogen-bond donors (Lipinski definition) is 2. The molecule has 0 heterocycles.